The van der Waals surface area contributed by atoms with Gasteiger partial charge in [-0.15, -0.1) is 0 Å². The summed E-state index contributed by atoms with van der Waals surface area (Å²) in [6.45, 7) is 4.65. The van der Waals surface area contributed by atoms with E-state index in [0.717, 1.165) is 30.6 Å². The van der Waals surface area contributed by atoms with Gasteiger partial charge in [-0.05, 0) is 43.9 Å². The Bertz CT molecular complexity index is 392. The number of Topliss-reactive ketones (excluding diaryl/α,β-unsaturated/α-hetero) is 1. The van der Waals surface area contributed by atoms with Crippen molar-refractivity contribution in [2.45, 2.75) is 33.1 Å². The smallest absolute Gasteiger partial charge is 0.169 e. The highest BCUT2D eigenvalue weighted by Crippen LogP contribution is 2.35. The molecule has 0 atom stereocenters. The maximum atomic E-state index is 12.1. The van der Waals surface area contributed by atoms with Crippen LogP contribution in [0.4, 0.5) is 0 Å². The predicted molar refractivity (Wildman–Crippen MR) is 64.0 cm³/mol. The molecule has 2 nitrogen and oxygen atoms in total. The summed E-state index contributed by atoms with van der Waals surface area (Å²) in [6, 6.07) is 5.96. The Morgan fingerprint density at radius 1 is 1.38 bits per heavy atom. The first-order valence-electron chi connectivity index (χ1n) is 6.06. The zero-order valence-electron chi connectivity index (χ0n) is 9.95. The van der Waals surface area contributed by atoms with E-state index >= 15 is 0 Å². The van der Waals surface area contributed by atoms with Gasteiger partial charge < -0.3 is 4.74 Å². The minimum absolute atomic E-state index is 0.256. The van der Waals surface area contributed by atoms with Crippen LogP contribution < -0.4 is 4.74 Å². The topological polar surface area (TPSA) is 26.3 Å². The molecule has 0 bridgehead atoms. The van der Waals surface area contributed by atoms with Gasteiger partial charge in [0.1, 0.15) is 5.75 Å². The summed E-state index contributed by atoms with van der Waals surface area (Å²) in [5, 5.41) is 0. The Hall–Kier alpha value is -1.31. The van der Waals surface area contributed by atoms with Crippen LogP contribution in [0.25, 0.3) is 0 Å². The summed E-state index contributed by atoms with van der Waals surface area (Å²) >= 11 is 0. The van der Waals surface area contributed by atoms with Gasteiger partial charge in [-0.25, -0.2) is 0 Å². The molecule has 0 amide bonds. The molecule has 0 N–H and O–H groups in total. The molecular formula is C14H18O2. The van der Waals surface area contributed by atoms with Crippen molar-refractivity contribution >= 4 is 5.78 Å². The number of ether oxygens (including phenoxy) is 1. The normalized spacial score (nSPS) is 14.9. The van der Waals surface area contributed by atoms with Gasteiger partial charge in [0, 0.05) is 5.92 Å². The monoisotopic (exact) mass is 218 g/mol. The van der Waals surface area contributed by atoms with E-state index in [4.69, 9.17) is 4.74 Å². The fraction of sp³-hybridized carbons (Fsp3) is 0.500. The van der Waals surface area contributed by atoms with E-state index in [9.17, 15) is 4.79 Å². The van der Waals surface area contributed by atoms with Gasteiger partial charge in [-0.1, -0.05) is 13.0 Å². The third-order valence-electron chi connectivity index (χ3n) is 2.97. The highest BCUT2D eigenvalue weighted by molar-refractivity contribution is 6.01. The number of hydrogen-bond donors (Lipinski definition) is 0. The maximum Gasteiger partial charge on any atom is 0.169 e. The van der Waals surface area contributed by atoms with E-state index in [1.807, 2.05) is 25.1 Å². The van der Waals surface area contributed by atoms with Crippen molar-refractivity contribution in [1.29, 1.82) is 0 Å². The Labute approximate surface area is 96.6 Å². The van der Waals surface area contributed by atoms with Crippen LogP contribution in [0.3, 0.4) is 0 Å². The second-order valence-electron chi connectivity index (χ2n) is 4.26. The van der Waals surface area contributed by atoms with Crippen LogP contribution in [-0.2, 0) is 6.42 Å². The molecule has 0 heterocycles. The number of carbonyl (C=O) groups is 1. The fourth-order valence-corrected chi connectivity index (χ4v) is 1.84. The van der Waals surface area contributed by atoms with Crippen molar-refractivity contribution in [2.75, 3.05) is 6.61 Å². The first-order chi connectivity index (χ1) is 7.76. The summed E-state index contributed by atoms with van der Waals surface area (Å²) in [4.78, 5) is 12.1. The van der Waals surface area contributed by atoms with E-state index in [-0.39, 0.29) is 11.7 Å². The predicted octanol–water partition coefficient (Wildman–Crippen LogP) is 3.24. The molecule has 1 aliphatic carbocycles. The van der Waals surface area contributed by atoms with Crippen LogP contribution in [0.2, 0.25) is 0 Å². The Kier molecular flexibility index (Phi) is 3.28. The van der Waals surface area contributed by atoms with Crippen LogP contribution in [0.5, 0.6) is 5.75 Å². The van der Waals surface area contributed by atoms with Crippen LogP contribution in [0.15, 0.2) is 18.2 Å². The molecule has 1 aliphatic rings. The van der Waals surface area contributed by atoms with Crippen LogP contribution >= 0.6 is 0 Å². The van der Waals surface area contributed by atoms with Gasteiger partial charge in [0.05, 0.1) is 12.2 Å². The summed E-state index contributed by atoms with van der Waals surface area (Å²) in [5.74, 6) is 1.27. The first kappa shape index (κ1) is 11.2. The Balaban J connectivity index is 2.32. The number of carbonyl (C=O) groups excluding carboxylic acids is 1. The summed E-state index contributed by atoms with van der Waals surface area (Å²) < 4.78 is 5.51. The third-order valence-corrected chi connectivity index (χ3v) is 2.97. The highest BCUT2D eigenvalue weighted by atomic mass is 16.5. The zero-order valence-corrected chi connectivity index (χ0v) is 9.95. The molecule has 0 aromatic heterocycles. The summed E-state index contributed by atoms with van der Waals surface area (Å²) in [7, 11) is 0. The maximum absolute atomic E-state index is 12.1. The van der Waals surface area contributed by atoms with Crippen molar-refractivity contribution in [3.63, 3.8) is 0 Å². The van der Waals surface area contributed by atoms with Crippen molar-refractivity contribution in [1.82, 2.24) is 0 Å². The summed E-state index contributed by atoms with van der Waals surface area (Å²) in [5.41, 5.74) is 1.98. The minimum Gasteiger partial charge on any atom is -0.493 e. The van der Waals surface area contributed by atoms with Crippen molar-refractivity contribution in [3.8, 4) is 5.75 Å². The SMILES string of the molecule is CCOc1ccc(CC)cc1C(=O)C1CC1. The third kappa shape index (κ3) is 2.26. The molecular weight excluding hydrogens is 200 g/mol. The quantitative estimate of drug-likeness (QED) is 0.709. The van der Waals surface area contributed by atoms with Crippen LogP contribution in [0.1, 0.15) is 42.6 Å². The molecule has 86 valence electrons. The van der Waals surface area contributed by atoms with Gasteiger partial charge in [0.2, 0.25) is 0 Å². The summed E-state index contributed by atoms with van der Waals surface area (Å²) in [6.07, 6.45) is 3.04. The first-order valence-corrected chi connectivity index (χ1v) is 6.06. The fourth-order valence-electron chi connectivity index (χ4n) is 1.84. The highest BCUT2D eigenvalue weighted by Gasteiger charge is 2.32. The van der Waals surface area contributed by atoms with Crippen LogP contribution in [-0.4, -0.2) is 12.4 Å². The standard InChI is InChI=1S/C14H18O2/c1-3-10-5-8-13(16-4-2)12(9-10)14(15)11-6-7-11/h5,8-9,11H,3-4,6-7H2,1-2H3. The van der Waals surface area contributed by atoms with E-state index in [1.54, 1.807) is 0 Å². The van der Waals surface area contributed by atoms with Crippen molar-refractivity contribution in [2.24, 2.45) is 5.92 Å². The molecule has 16 heavy (non-hydrogen) atoms. The molecule has 0 unspecified atom stereocenters. The lowest BCUT2D eigenvalue weighted by Gasteiger charge is -2.10. The van der Waals surface area contributed by atoms with Crippen molar-refractivity contribution in [3.05, 3.63) is 29.3 Å². The Morgan fingerprint density at radius 3 is 2.69 bits per heavy atom. The number of ketones is 1. The van der Waals surface area contributed by atoms with E-state index in [1.165, 1.54) is 5.56 Å². The largest absolute Gasteiger partial charge is 0.493 e. The molecule has 2 heteroatoms. The van der Waals surface area contributed by atoms with Crippen molar-refractivity contribution < 1.29 is 9.53 Å². The Morgan fingerprint density at radius 2 is 2.12 bits per heavy atom. The van der Waals surface area contributed by atoms with E-state index in [0.29, 0.717) is 6.61 Å². The lowest BCUT2D eigenvalue weighted by Crippen LogP contribution is -2.06. The average molecular weight is 218 g/mol. The molecule has 1 saturated carbocycles. The van der Waals surface area contributed by atoms with E-state index < -0.39 is 0 Å². The number of rotatable bonds is 5. The molecule has 0 spiro atoms. The molecule has 0 aliphatic heterocycles. The average Bonchev–Trinajstić information content (AvgIpc) is 3.13. The lowest BCUT2D eigenvalue weighted by molar-refractivity contribution is 0.0964. The molecule has 1 fully saturated rings. The second-order valence-corrected chi connectivity index (χ2v) is 4.26. The van der Waals surface area contributed by atoms with Gasteiger partial charge >= 0.3 is 0 Å². The zero-order chi connectivity index (χ0) is 11.5. The van der Waals surface area contributed by atoms with Gasteiger partial charge in [0.15, 0.2) is 5.78 Å². The number of aryl methyl sites for hydroxylation is 1. The van der Waals surface area contributed by atoms with E-state index in [2.05, 4.69) is 6.92 Å². The molecule has 1 aromatic carbocycles. The van der Waals surface area contributed by atoms with Gasteiger partial charge in [-0.2, -0.15) is 0 Å². The second kappa shape index (κ2) is 4.69. The van der Waals surface area contributed by atoms with Gasteiger partial charge in [0.25, 0.3) is 0 Å². The molecule has 0 radical (unpaired) electrons. The molecule has 0 saturated heterocycles. The number of hydrogen-bond acceptors (Lipinski definition) is 2. The minimum atomic E-state index is 0.256. The molecule has 2 rings (SSSR count). The molecule has 1 aromatic rings. The van der Waals surface area contributed by atoms with Gasteiger partial charge in [-0.3, -0.25) is 4.79 Å². The lowest BCUT2D eigenvalue weighted by atomic mass is 10.0. The number of benzene rings is 1. The van der Waals surface area contributed by atoms with Crippen LogP contribution in [0, 0.1) is 5.92 Å².